The van der Waals surface area contributed by atoms with Gasteiger partial charge in [-0.2, -0.15) is 0 Å². The van der Waals surface area contributed by atoms with E-state index in [0.29, 0.717) is 11.5 Å². The van der Waals surface area contributed by atoms with Gasteiger partial charge in [0.2, 0.25) is 0 Å². The predicted octanol–water partition coefficient (Wildman–Crippen LogP) is 2.36. The van der Waals surface area contributed by atoms with Crippen molar-refractivity contribution >= 4 is 17.6 Å². The number of carbonyl (C=O) groups is 2. The molecule has 0 aliphatic rings. The van der Waals surface area contributed by atoms with Gasteiger partial charge in [0.25, 0.3) is 5.91 Å². The van der Waals surface area contributed by atoms with Gasteiger partial charge in [0, 0.05) is 5.56 Å². The number of nitrogens with one attached hydrogen (secondary N) is 1. The summed E-state index contributed by atoms with van der Waals surface area (Å²) in [5.41, 5.74) is 0.220. The number of carboxylic acids is 1. The normalized spacial score (nSPS) is 10.0. The third-order valence-electron chi connectivity index (χ3n) is 3.14. The van der Waals surface area contributed by atoms with Crippen molar-refractivity contribution < 1.29 is 29.3 Å². The van der Waals surface area contributed by atoms with Gasteiger partial charge in [-0.05, 0) is 36.4 Å². The summed E-state index contributed by atoms with van der Waals surface area (Å²) in [6, 6.07) is 8.19. The fraction of sp³-hybridized carbons (Fsp3) is 0.125. The summed E-state index contributed by atoms with van der Waals surface area (Å²) in [6.45, 7) is 0. The summed E-state index contributed by atoms with van der Waals surface area (Å²) in [5.74, 6) is -1.07. The number of phenols is 1. The smallest absolute Gasteiger partial charge is 0.335 e. The van der Waals surface area contributed by atoms with Gasteiger partial charge in [-0.15, -0.1) is 0 Å². The van der Waals surface area contributed by atoms with E-state index in [1.807, 2.05) is 0 Å². The Hall–Kier alpha value is -3.22. The molecule has 1 amide bonds. The Morgan fingerprint density at radius 1 is 0.957 bits per heavy atom. The lowest BCUT2D eigenvalue weighted by molar-refractivity contribution is 0.0696. The number of benzene rings is 2. The first-order valence-corrected chi connectivity index (χ1v) is 6.56. The van der Waals surface area contributed by atoms with Crippen molar-refractivity contribution in [3.8, 4) is 17.2 Å². The third kappa shape index (κ3) is 3.52. The van der Waals surface area contributed by atoms with E-state index in [1.54, 1.807) is 6.07 Å². The average molecular weight is 317 g/mol. The maximum absolute atomic E-state index is 12.2. The van der Waals surface area contributed by atoms with Crippen LogP contribution in [0.1, 0.15) is 20.7 Å². The van der Waals surface area contributed by atoms with Crippen molar-refractivity contribution in [2.75, 3.05) is 19.5 Å². The van der Waals surface area contributed by atoms with Crippen molar-refractivity contribution in [1.29, 1.82) is 0 Å². The van der Waals surface area contributed by atoms with E-state index < -0.39 is 11.9 Å². The van der Waals surface area contributed by atoms with Gasteiger partial charge >= 0.3 is 5.97 Å². The van der Waals surface area contributed by atoms with Crippen molar-refractivity contribution in [2.24, 2.45) is 0 Å². The molecule has 0 spiro atoms. The second-order valence-corrected chi connectivity index (χ2v) is 4.56. The Bertz CT molecular complexity index is 756. The highest BCUT2D eigenvalue weighted by atomic mass is 16.5. The first-order chi connectivity index (χ1) is 11.0. The highest BCUT2D eigenvalue weighted by molar-refractivity contribution is 6.06. The molecule has 2 aromatic rings. The first kappa shape index (κ1) is 16.2. The molecule has 120 valence electrons. The molecule has 0 bridgehead atoms. The molecule has 0 saturated heterocycles. The van der Waals surface area contributed by atoms with E-state index in [4.69, 9.17) is 14.6 Å². The van der Waals surface area contributed by atoms with Gasteiger partial charge in [-0.1, -0.05) is 0 Å². The number of aromatic hydroxyl groups is 1. The number of carboxylic acid groups (broad SMARTS) is 1. The lowest BCUT2D eigenvalue weighted by Crippen LogP contribution is -2.13. The van der Waals surface area contributed by atoms with E-state index in [0.717, 1.165) is 0 Å². The number of anilines is 1. The van der Waals surface area contributed by atoms with E-state index in [-0.39, 0.29) is 22.6 Å². The van der Waals surface area contributed by atoms with Gasteiger partial charge < -0.3 is 25.0 Å². The largest absolute Gasteiger partial charge is 0.506 e. The van der Waals surface area contributed by atoms with E-state index in [2.05, 4.69) is 5.32 Å². The number of phenolic OH excluding ortho intramolecular Hbond substituents is 1. The fourth-order valence-corrected chi connectivity index (χ4v) is 1.94. The molecular formula is C16H15NO6. The van der Waals surface area contributed by atoms with Gasteiger partial charge in [-0.25, -0.2) is 4.79 Å². The SMILES string of the molecule is COc1ccc(C(=O)Nc2cc(C(=O)O)ccc2O)cc1OC. The van der Waals surface area contributed by atoms with Crippen molar-refractivity contribution in [2.45, 2.75) is 0 Å². The molecule has 0 aliphatic heterocycles. The number of carbonyl (C=O) groups excluding carboxylic acids is 1. The number of rotatable bonds is 5. The second kappa shape index (κ2) is 6.69. The molecule has 2 aromatic carbocycles. The Labute approximate surface area is 132 Å². The Balaban J connectivity index is 2.29. The van der Waals surface area contributed by atoms with Crippen LogP contribution in [0.15, 0.2) is 36.4 Å². The summed E-state index contributed by atoms with van der Waals surface area (Å²) in [6.07, 6.45) is 0. The molecule has 0 aromatic heterocycles. The highest BCUT2D eigenvalue weighted by Gasteiger charge is 2.14. The second-order valence-electron chi connectivity index (χ2n) is 4.56. The van der Waals surface area contributed by atoms with Crippen molar-refractivity contribution in [3.63, 3.8) is 0 Å². The number of amides is 1. The maximum atomic E-state index is 12.2. The third-order valence-corrected chi connectivity index (χ3v) is 3.14. The van der Waals surface area contributed by atoms with Gasteiger partial charge in [-0.3, -0.25) is 4.79 Å². The van der Waals surface area contributed by atoms with Crippen LogP contribution < -0.4 is 14.8 Å². The van der Waals surface area contributed by atoms with Crippen molar-refractivity contribution in [3.05, 3.63) is 47.5 Å². The maximum Gasteiger partial charge on any atom is 0.335 e. The lowest BCUT2D eigenvalue weighted by atomic mass is 10.1. The summed E-state index contributed by atoms with van der Waals surface area (Å²) >= 11 is 0. The number of methoxy groups -OCH3 is 2. The predicted molar refractivity (Wildman–Crippen MR) is 82.6 cm³/mol. The van der Waals surface area contributed by atoms with Crippen LogP contribution in [-0.2, 0) is 0 Å². The van der Waals surface area contributed by atoms with E-state index in [9.17, 15) is 14.7 Å². The van der Waals surface area contributed by atoms with Gasteiger partial charge in [0.15, 0.2) is 11.5 Å². The highest BCUT2D eigenvalue weighted by Crippen LogP contribution is 2.29. The van der Waals surface area contributed by atoms with Crippen LogP contribution in [0.2, 0.25) is 0 Å². The zero-order valence-corrected chi connectivity index (χ0v) is 12.5. The number of hydrogen-bond acceptors (Lipinski definition) is 5. The fourth-order valence-electron chi connectivity index (χ4n) is 1.94. The minimum Gasteiger partial charge on any atom is -0.506 e. The molecule has 2 rings (SSSR count). The molecule has 3 N–H and O–H groups in total. The zero-order chi connectivity index (χ0) is 17.0. The number of ether oxygens (including phenoxy) is 2. The molecule has 7 nitrogen and oxygen atoms in total. The Kier molecular flexibility index (Phi) is 4.70. The molecule has 23 heavy (non-hydrogen) atoms. The summed E-state index contributed by atoms with van der Waals surface area (Å²) in [5, 5.41) is 21.2. The molecule has 0 fully saturated rings. The number of hydrogen-bond donors (Lipinski definition) is 3. The Morgan fingerprint density at radius 3 is 2.22 bits per heavy atom. The molecular weight excluding hydrogens is 302 g/mol. The van der Waals surface area contributed by atoms with Crippen LogP contribution in [0.4, 0.5) is 5.69 Å². The molecule has 0 radical (unpaired) electrons. The summed E-state index contributed by atoms with van der Waals surface area (Å²) < 4.78 is 10.2. The summed E-state index contributed by atoms with van der Waals surface area (Å²) in [7, 11) is 2.93. The molecule has 7 heteroatoms. The molecule has 0 unspecified atom stereocenters. The van der Waals surface area contributed by atoms with Crippen LogP contribution in [0, 0.1) is 0 Å². The van der Waals surface area contributed by atoms with E-state index >= 15 is 0 Å². The van der Waals surface area contributed by atoms with Crippen LogP contribution in [0.5, 0.6) is 17.2 Å². The van der Waals surface area contributed by atoms with Gasteiger partial charge in [0.1, 0.15) is 5.75 Å². The molecule has 0 heterocycles. The lowest BCUT2D eigenvalue weighted by Gasteiger charge is -2.11. The quantitative estimate of drug-likeness (QED) is 0.731. The van der Waals surface area contributed by atoms with Crippen LogP contribution in [0.3, 0.4) is 0 Å². The van der Waals surface area contributed by atoms with Crippen molar-refractivity contribution in [1.82, 2.24) is 0 Å². The van der Waals surface area contributed by atoms with Gasteiger partial charge in [0.05, 0.1) is 25.5 Å². The summed E-state index contributed by atoms with van der Waals surface area (Å²) in [4.78, 5) is 23.2. The van der Waals surface area contributed by atoms with Crippen LogP contribution >= 0.6 is 0 Å². The minimum absolute atomic E-state index is 0.00434. The average Bonchev–Trinajstić information content (AvgIpc) is 2.55. The standard InChI is InChI=1S/C16H15NO6/c1-22-13-6-4-9(8-14(13)23-2)15(19)17-11-7-10(16(20)21)3-5-12(11)18/h3-8,18H,1-2H3,(H,17,19)(H,20,21). The monoisotopic (exact) mass is 317 g/mol. The van der Waals surface area contributed by atoms with Crippen LogP contribution in [-0.4, -0.2) is 36.3 Å². The topological polar surface area (TPSA) is 105 Å². The minimum atomic E-state index is -1.16. The molecule has 0 saturated carbocycles. The molecule has 0 aliphatic carbocycles. The van der Waals surface area contributed by atoms with E-state index in [1.165, 1.54) is 44.6 Å². The zero-order valence-electron chi connectivity index (χ0n) is 12.5. The first-order valence-electron chi connectivity index (χ1n) is 6.56. The number of aromatic carboxylic acids is 1. The van der Waals surface area contributed by atoms with Crippen LogP contribution in [0.25, 0.3) is 0 Å². The Morgan fingerprint density at radius 2 is 1.61 bits per heavy atom. The molecule has 0 atom stereocenters.